The number of likely N-dealkylation sites (N-methyl/N-ethyl adjacent to an activating group) is 1. The summed E-state index contributed by atoms with van der Waals surface area (Å²) in [5.41, 5.74) is 3.24. The van der Waals surface area contributed by atoms with Gasteiger partial charge in [0.1, 0.15) is 5.75 Å². The maximum atomic E-state index is 12.9. The average Bonchev–Trinajstić information content (AvgIpc) is 3.10. The van der Waals surface area contributed by atoms with Crippen LogP contribution in [0.3, 0.4) is 0 Å². The van der Waals surface area contributed by atoms with E-state index in [1.807, 2.05) is 36.1 Å². The van der Waals surface area contributed by atoms with Gasteiger partial charge in [-0.1, -0.05) is 42.0 Å². The summed E-state index contributed by atoms with van der Waals surface area (Å²) in [5, 5.41) is 3.02. The van der Waals surface area contributed by atoms with Crippen molar-refractivity contribution in [3.63, 3.8) is 0 Å². The van der Waals surface area contributed by atoms with Gasteiger partial charge < -0.3 is 19.9 Å². The molecule has 0 spiro atoms. The molecule has 2 aromatic rings. The van der Waals surface area contributed by atoms with Crippen LogP contribution in [0.2, 0.25) is 0 Å². The van der Waals surface area contributed by atoms with Crippen LogP contribution < -0.4 is 10.1 Å². The van der Waals surface area contributed by atoms with E-state index in [2.05, 4.69) is 55.5 Å². The number of aryl methyl sites for hydroxylation is 1. The Labute approximate surface area is 161 Å². The van der Waals surface area contributed by atoms with Crippen LogP contribution >= 0.6 is 0 Å². The van der Waals surface area contributed by atoms with E-state index >= 15 is 0 Å². The van der Waals surface area contributed by atoms with Crippen LogP contribution in [0, 0.1) is 6.92 Å². The fourth-order valence-electron chi connectivity index (χ4n) is 3.66. The average molecular weight is 367 g/mol. The SMILES string of the molecule is CCOc1ccccc1NC(=O)N1C[C@@H](N(C)C)[C@H](c2ccc(C)cc2)C1. The number of hydrogen-bond acceptors (Lipinski definition) is 3. The molecule has 1 fully saturated rings. The second kappa shape index (κ2) is 8.44. The summed E-state index contributed by atoms with van der Waals surface area (Å²) in [6, 6.07) is 16.4. The molecule has 0 aliphatic carbocycles. The first-order chi connectivity index (χ1) is 13.0. The van der Waals surface area contributed by atoms with Gasteiger partial charge in [-0.15, -0.1) is 0 Å². The highest BCUT2D eigenvalue weighted by atomic mass is 16.5. The number of carbonyl (C=O) groups excluding carboxylic acids is 1. The molecule has 0 bridgehead atoms. The van der Waals surface area contributed by atoms with Crippen LogP contribution in [0.1, 0.15) is 24.0 Å². The van der Waals surface area contributed by atoms with Crippen LogP contribution in [0.15, 0.2) is 48.5 Å². The Hall–Kier alpha value is -2.53. The number of likely N-dealkylation sites (tertiary alicyclic amines) is 1. The van der Waals surface area contributed by atoms with Gasteiger partial charge in [0, 0.05) is 25.0 Å². The minimum Gasteiger partial charge on any atom is -0.492 e. The summed E-state index contributed by atoms with van der Waals surface area (Å²) in [5.74, 6) is 1.00. The number of urea groups is 1. The van der Waals surface area contributed by atoms with Crippen molar-refractivity contribution >= 4 is 11.7 Å². The third kappa shape index (κ3) is 4.42. The van der Waals surface area contributed by atoms with Crippen LogP contribution in [0.5, 0.6) is 5.75 Å². The lowest BCUT2D eigenvalue weighted by atomic mass is 9.93. The van der Waals surface area contributed by atoms with Gasteiger partial charge in [0.25, 0.3) is 0 Å². The second-order valence-electron chi connectivity index (χ2n) is 7.31. The topological polar surface area (TPSA) is 44.8 Å². The van der Waals surface area contributed by atoms with Crippen LogP contribution in [-0.2, 0) is 0 Å². The zero-order chi connectivity index (χ0) is 19.4. The molecule has 1 heterocycles. The van der Waals surface area contributed by atoms with Crippen molar-refractivity contribution in [1.29, 1.82) is 0 Å². The van der Waals surface area contributed by atoms with E-state index in [9.17, 15) is 4.79 Å². The molecule has 0 unspecified atom stereocenters. The standard InChI is InChI=1S/C22H29N3O2/c1-5-27-21-9-7-6-8-19(21)23-22(26)25-14-18(20(15-25)24(3)4)17-12-10-16(2)11-13-17/h6-13,18,20H,5,14-15H2,1-4H3,(H,23,26)/t18-,20+/m0/s1. The largest absolute Gasteiger partial charge is 0.492 e. The molecule has 0 radical (unpaired) electrons. The molecule has 2 atom stereocenters. The number of nitrogens with one attached hydrogen (secondary N) is 1. The molecular formula is C22H29N3O2. The Morgan fingerprint density at radius 3 is 2.52 bits per heavy atom. The van der Waals surface area contributed by atoms with Crippen molar-refractivity contribution in [2.24, 2.45) is 0 Å². The Balaban J connectivity index is 1.75. The highest BCUT2D eigenvalue weighted by Crippen LogP contribution is 2.31. The smallest absolute Gasteiger partial charge is 0.322 e. The van der Waals surface area contributed by atoms with Gasteiger partial charge in [0.15, 0.2) is 0 Å². The molecule has 27 heavy (non-hydrogen) atoms. The zero-order valence-corrected chi connectivity index (χ0v) is 16.6. The van der Waals surface area contributed by atoms with Crippen LogP contribution in [0.4, 0.5) is 10.5 Å². The number of ether oxygens (including phenoxy) is 1. The Morgan fingerprint density at radius 1 is 1.15 bits per heavy atom. The first-order valence-corrected chi connectivity index (χ1v) is 9.50. The number of anilines is 1. The molecule has 5 heteroatoms. The predicted molar refractivity (Wildman–Crippen MR) is 110 cm³/mol. The fraction of sp³-hybridized carbons (Fsp3) is 0.409. The van der Waals surface area contributed by atoms with Crippen molar-refractivity contribution in [2.45, 2.75) is 25.8 Å². The van der Waals surface area contributed by atoms with Gasteiger partial charge in [-0.25, -0.2) is 4.79 Å². The minimum atomic E-state index is -0.0800. The third-order valence-corrected chi connectivity index (χ3v) is 5.17. The van der Waals surface area contributed by atoms with E-state index in [0.717, 1.165) is 0 Å². The Morgan fingerprint density at radius 2 is 1.85 bits per heavy atom. The fourth-order valence-corrected chi connectivity index (χ4v) is 3.66. The molecule has 2 aromatic carbocycles. The van der Waals surface area contributed by atoms with E-state index < -0.39 is 0 Å². The van der Waals surface area contributed by atoms with Crippen molar-refractivity contribution in [3.8, 4) is 5.75 Å². The molecule has 1 N–H and O–H groups in total. The zero-order valence-electron chi connectivity index (χ0n) is 16.6. The highest BCUT2D eigenvalue weighted by Gasteiger charge is 2.37. The third-order valence-electron chi connectivity index (χ3n) is 5.17. The summed E-state index contributed by atoms with van der Waals surface area (Å²) < 4.78 is 5.62. The normalized spacial score (nSPS) is 19.4. The maximum absolute atomic E-state index is 12.9. The predicted octanol–water partition coefficient (Wildman–Crippen LogP) is 3.96. The molecule has 1 aliphatic heterocycles. The molecule has 5 nitrogen and oxygen atoms in total. The lowest BCUT2D eigenvalue weighted by molar-refractivity contribution is 0.216. The summed E-state index contributed by atoms with van der Waals surface area (Å²) in [6.45, 7) is 6.00. The molecule has 3 rings (SSSR count). The summed E-state index contributed by atoms with van der Waals surface area (Å²) in [7, 11) is 4.16. The highest BCUT2D eigenvalue weighted by molar-refractivity contribution is 5.91. The number of amides is 2. The lowest BCUT2D eigenvalue weighted by Crippen LogP contribution is -2.37. The molecule has 1 saturated heterocycles. The monoisotopic (exact) mass is 367 g/mol. The van der Waals surface area contributed by atoms with E-state index in [0.29, 0.717) is 43.1 Å². The van der Waals surface area contributed by atoms with E-state index in [1.165, 1.54) is 11.1 Å². The number of hydrogen-bond donors (Lipinski definition) is 1. The van der Waals surface area contributed by atoms with Gasteiger partial charge in [0.2, 0.25) is 0 Å². The molecule has 0 aromatic heterocycles. The Kier molecular flexibility index (Phi) is 6.01. The molecule has 2 amide bonds. The van der Waals surface area contributed by atoms with Crippen molar-refractivity contribution in [3.05, 3.63) is 59.7 Å². The van der Waals surface area contributed by atoms with Gasteiger partial charge in [0.05, 0.1) is 12.3 Å². The van der Waals surface area contributed by atoms with Crippen molar-refractivity contribution in [2.75, 3.05) is 39.1 Å². The van der Waals surface area contributed by atoms with Gasteiger partial charge in [-0.2, -0.15) is 0 Å². The van der Waals surface area contributed by atoms with E-state index in [-0.39, 0.29) is 6.03 Å². The van der Waals surface area contributed by atoms with Gasteiger partial charge >= 0.3 is 6.03 Å². The Bertz CT molecular complexity index is 773. The number of nitrogens with zero attached hydrogens (tertiary/aromatic N) is 2. The van der Waals surface area contributed by atoms with Gasteiger partial charge in [-0.3, -0.25) is 0 Å². The molecule has 0 saturated carbocycles. The molecule has 144 valence electrons. The van der Waals surface area contributed by atoms with Crippen LogP contribution in [-0.4, -0.2) is 55.7 Å². The summed E-state index contributed by atoms with van der Waals surface area (Å²) >= 11 is 0. The summed E-state index contributed by atoms with van der Waals surface area (Å²) in [6.07, 6.45) is 0. The van der Waals surface area contributed by atoms with E-state index in [4.69, 9.17) is 4.74 Å². The van der Waals surface area contributed by atoms with Crippen molar-refractivity contribution < 1.29 is 9.53 Å². The number of rotatable bonds is 5. The van der Waals surface area contributed by atoms with Crippen molar-refractivity contribution in [1.82, 2.24) is 9.80 Å². The lowest BCUT2D eigenvalue weighted by Gasteiger charge is -2.25. The second-order valence-corrected chi connectivity index (χ2v) is 7.31. The first-order valence-electron chi connectivity index (χ1n) is 9.50. The van der Waals surface area contributed by atoms with Crippen LogP contribution in [0.25, 0.3) is 0 Å². The van der Waals surface area contributed by atoms with Gasteiger partial charge in [-0.05, 0) is 45.6 Å². The number of carbonyl (C=O) groups is 1. The minimum absolute atomic E-state index is 0.0800. The quantitative estimate of drug-likeness (QED) is 0.870. The maximum Gasteiger partial charge on any atom is 0.322 e. The number of para-hydroxylation sites is 2. The summed E-state index contributed by atoms with van der Waals surface area (Å²) in [4.78, 5) is 17.0. The number of benzene rings is 2. The molecule has 1 aliphatic rings. The first kappa shape index (κ1) is 19.2. The molecular weight excluding hydrogens is 338 g/mol. The van der Waals surface area contributed by atoms with E-state index in [1.54, 1.807) is 0 Å².